The summed E-state index contributed by atoms with van der Waals surface area (Å²) in [7, 11) is 0. The molecule has 24 heavy (non-hydrogen) atoms. The zero-order chi connectivity index (χ0) is 16.5. The van der Waals surface area contributed by atoms with Crippen LogP contribution >= 0.6 is 22.6 Å². The molecule has 0 radical (unpaired) electrons. The molecule has 3 heteroatoms. The van der Waals surface area contributed by atoms with E-state index in [1.165, 1.54) is 37.9 Å². The van der Waals surface area contributed by atoms with Gasteiger partial charge < -0.3 is 5.32 Å². The summed E-state index contributed by atoms with van der Waals surface area (Å²) in [5.41, 5.74) is 1.37. The first-order valence-electron chi connectivity index (χ1n) is 8.26. The van der Waals surface area contributed by atoms with Crippen LogP contribution in [-0.4, -0.2) is 16.9 Å². The highest BCUT2D eigenvalue weighted by Gasteiger charge is 2.10. The van der Waals surface area contributed by atoms with Gasteiger partial charge in [0.1, 0.15) is 0 Å². The first-order chi connectivity index (χ1) is 11.8. The summed E-state index contributed by atoms with van der Waals surface area (Å²) < 4.78 is 0.524. The summed E-state index contributed by atoms with van der Waals surface area (Å²) in [4.78, 5) is 11.3. The molecule has 1 amide bonds. The quantitative estimate of drug-likeness (QED) is 0.205. The van der Waals surface area contributed by atoms with E-state index in [0.717, 1.165) is 19.4 Å². The van der Waals surface area contributed by atoms with Crippen molar-refractivity contribution in [2.24, 2.45) is 0 Å². The average Bonchev–Trinajstić information content (AvgIpc) is 2.63. The Bertz CT molecular complexity index is 1010. The number of rotatable bonds is 5. The van der Waals surface area contributed by atoms with E-state index in [0.29, 0.717) is 4.43 Å². The Morgan fingerprint density at radius 3 is 2.29 bits per heavy atom. The third-order valence-corrected chi connectivity index (χ3v) is 5.38. The first-order valence-corrected chi connectivity index (χ1v) is 9.78. The normalized spacial score (nSPS) is 11.5. The van der Waals surface area contributed by atoms with Crippen molar-refractivity contribution >= 4 is 60.8 Å². The van der Waals surface area contributed by atoms with Crippen molar-refractivity contribution in [1.29, 1.82) is 0 Å². The zero-order valence-electron chi connectivity index (χ0n) is 13.3. The fourth-order valence-corrected chi connectivity index (χ4v) is 3.84. The lowest BCUT2D eigenvalue weighted by Gasteiger charge is -2.14. The maximum atomic E-state index is 11.3. The number of hydrogen-bond acceptors (Lipinski definition) is 1. The highest BCUT2D eigenvalue weighted by atomic mass is 127. The van der Waals surface area contributed by atoms with Gasteiger partial charge in [-0.2, -0.15) is 0 Å². The summed E-state index contributed by atoms with van der Waals surface area (Å²) in [5, 5.41) is 10.9. The highest BCUT2D eigenvalue weighted by Crippen LogP contribution is 2.36. The maximum Gasteiger partial charge on any atom is 0.229 e. The van der Waals surface area contributed by atoms with E-state index in [1.807, 2.05) is 0 Å². The second-order valence-electron chi connectivity index (χ2n) is 6.17. The molecule has 0 aliphatic rings. The molecule has 4 aromatic carbocycles. The van der Waals surface area contributed by atoms with Crippen molar-refractivity contribution in [3.8, 4) is 0 Å². The number of aryl methyl sites for hydroxylation is 1. The molecule has 0 aliphatic heterocycles. The lowest BCUT2D eigenvalue weighted by Crippen LogP contribution is -2.25. The number of halogens is 1. The topological polar surface area (TPSA) is 29.1 Å². The van der Waals surface area contributed by atoms with Crippen LogP contribution in [0, 0.1) is 0 Å². The van der Waals surface area contributed by atoms with Crippen LogP contribution in [0.25, 0.3) is 32.3 Å². The Kier molecular flexibility index (Phi) is 4.27. The van der Waals surface area contributed by atoms with Gasteiger partial charge in [-0.15, -0.1) is 0 Å². The molecule has 0 aromatic heterocycles. The van der Waals surface area contributed by atoms with E-state index in [4.69, 9.17) is 0 Å². The second-order valence-corrected chi connectivity index (χ2v) is 6.93. The molecule has 0 atom stereocenters. The van der Waals surface area contributed by atoms with Crippen LogP contribution < -0.4 is 5.32 Å². The number of benzene rings is 4. The van der Waals surface area contributed by atoms with Gasteiger partial charge in [-0.25, -0.2) is 0 Å². The van der Waals surface area contributed by atoms with E-state index < -0.39 is 0 Å². The Balaban J connectivity index is 1.73. The van der Waals surface area contributed by atoms with E-state index in [2.05, 4.69) is 82.5 Å². The maximum absolute atomic E-state index is 11.3. The van der Waals surface area contributed by atoms with Crippen molar-refractivity contribution in [1.82, 2.24) is 5.32 Å². The number of carbonyl (C=O) groups excluding carboxylic acids is 1. The predicted molar refractivity (Wildman–Crippen MR) is 110 cm³/mol. The lowest BCUT2D eigenvalue weighted by atomic mass is 9.91. The minimum atomic E-state index is 0.117. The SMILES string of the molecule is O=C(CI)NCCCc1ccc2ccc3cccc4ccc1c2c34. The van der Waals surface area contributed by atoms with Crippen molar-refractivity contribution < 1.29 is 4.79 Å². The molecule has 120 valence electrons. The number of amides is 1. The smallest absolute Gasteiger partial charge is 0.229 e. The molecule has 0 unspecified atom stereocenters. The van der Waals surface area contributed by atoms with E-state index in [-0.39, 0.29) is 5.91 Å². The Morgan fingerprint density at radius 2 is 1.54 bits per heavy atom. The molecule has 0 spiro atoms. The molecule has 0 fully saturated rings. The Hall–Kier alpha value is -1.88. The first kappa shape index (κ1) is 15.6. The number of carbonyl (C=O) groups is 1. The van der Waals surface area contributed by atoms with Crippen molar-refractivity contribution in [2.75, 3.05) is 11.0 Å². The molecular formula is C21H18INO. The molecule has 2 nitrogen and oxygen atoms in total. The fraction of sp³-hybridized carbons (Fsp3) is 0.190. The van der Waals surface area contributed by atoms with E-state index in [9.17, 15) is 4.79 Å². The van der Waals surface area contributed by atoms with E-state index in [1.54, 1.807) is 0 Å². The zero-order valence-corrected chi connectivity index (χ0v) is 15.5. The van der Waals surface area contributed by atoms with Gasteiger partial charge in [0.05, 0.1) is 4.43 Å². The second kappa shape index (κ2) is 6.55. The fourth-order valence-electron chi connectivity index (χ4n) is 3.57. The van der Waals surface area contributed by atoms with Crippen molar-refractivity contribution in [3.63, 3.8) is 0 Å². The largest absolute Gasteiger partial charge is 0.355 e. The van der Waals surface area contributed by atoms with Crippen LogP contribution in [0.5, 0.6) is 0 Å². The molecular weight excluding hydrogens is 409 g/mol. The summed E-state index contributed by atoms with van der Waals surface area (Å²) in [6.07, 6.45) is 1.95. The van der Waals surface area contributed by atoms with Crippen molar-refractivity contribution in [2.45, 2.75) is 12.8 Å². The summed E-state index contributed by atoms with van der Waals surface area (Å²) in [6.45, 7) is 0.740. The molecule has 4 rings (SSSR count). The van der Waals surface area contributed by atoms with Gasteiger partial charge in [0, 0.05) is 6.54 Å². The number of alkyl halides is 1. The molecule has 0 bridgehead atoms. The van der Waals surface area contributed by atoms with Gasteiger partial charge in [-0.3, -0.25) is 4.79 Å². The molecule has 0 saturated carbocycles. The Labute approximate surface area is 154 Å². The van der Waals surface area contributed by atoms with Crippen LogP contribution in [0.15, 0.2) is 54.6 Å². The molecule has 0 heterocycles. The standard InChI is InChI=1S/C21H18INO/c22-13-19(24)23-12-2-5-14-6-7-17-9-8-15-3-1-4-16-10-11-18(14)21(17)20(15)16/h1,3-4,6-11H,2,5,12-13H2,(H,23,24). The molecule has 0 saturated heterocycles. The van der Waals surface area contributed by atoms with Gasteiger partial charge in [0.25, 0.3) is 0 Å². The van der Waals surface area contributed by atoms with Gasteiger partial charge in [-0.1, -0.05) is 77.2 Å². The van der Waals surface area contributed by atoms with E-state index >= 15 is 0 Å². The van der Waals surface area contributed by atoms with Gasteiger partial charge in [0.15, 0.2) is 0 Å². The lowest BCUT2D eigenvalue weighted by molar-refractivity contribution is -0.118. The summed E-state index contributed by atoms with van der Waals surface area (Å²) in [6, 6.07) is 19.9. The summed E-state index contributed by atoms with van der Waals surface area (Å²) in [5.74, 6) is 0.117. The van der Waals surface area contributed by atoms with Crippen LogP contribution in [0.3, 0.4) is 0 Å². The average molecular weight is 427 g/mol. The van der Waals surface area contributed by atoms with Crippen molar-refractivity contribution in [3.05, 3.63) is 60.2 Å². The number of nitrogens with one attached hydrogen (secondary N) is 1. The van der Waals surface area contributed by atoms with Gasteiger partial charge >= 0.3 is 0 Å². The van der Waals surface area contributed by atoms with Gasteiger partial charge in [0.2, 0.25) is 5.91 Å². The third-order valence-electron chi connectivity index (χ3n) is 4.69. The van der Waals surface area contributed by atoms with Crippen LogP contribution in [0.4, 0.5) is 0 Å². The van der Waals surface area contributed by atoms with Crippen LogP contribution in [-0.2, 0) is 11.2 Å². The minimum Gasteiger partial charge on any atom is -0.355 e. The third kappa shape index (κ3) is 2.71. The molecule has 4 aromatic rings. The predicted octanol–water partition coefficient (Wildman–Crippen LogP) is 5.07. The minimum absolute atomic E-state index is 0.117. The molecule has 1 N–H and O–H groups in total. The Morgan fingerprint density at radius 1 is 0.875 bits per heavy atom. The molecule has 0 aliphatic carbocycles. The monoisotopic (exact) mass is 427 g/mol. The number of hydrogen-bond donors (Lipinski definition) is 1. The summed E-state index contributed by atoms with van der Waals surface area (Å²) >= 11 is 2.09. The van der Waals surface area contributed by atoms with Crippen LogP contribution in [0.1, 0.15) is 12.0 Å². The highest BCUT2D eigenvalue weighted by molar-refractivity contribution is 14.1. The van der Waals surface area contributed by atoms with Gasteiger partial charge in [-0.05, 0) is 50.7 Å². The van der Waals surface area contributed by atoms with Crippen LogP contribution in [0.2, 0.25) is 0 Å².